The lowest BCUT2D eigenvalue weighted by Gasteiger charge is -2.14. The van der Waals surface area contributed by atoms with E-state index >= 15 is 0 Å². The molecule has 1 aromatic carbocycles. The number of hydrogen-bond donors (Lipinski definition) is 3. The first-order valence-corrected chi connectivity index (χ1v) is 7.76. The van der Waals surface area contributed by atoms with Gasteiger partial charge in [0, 0.05) is 6.04 Å². The van der Waals surface area contributed by atoms with E-state index in [9.17, 15) is 4.79 Å². The van der Waals surface area contributed by atoms with Crippen LogP contribution in [0.4, 0.5) is 11.4 Å². The number of nitrogens with two attached hydrogens (primary N) is 1. The Morgan fingerprint density at radius 3 is 2.76 bits per heavy atom. The van der Waals surface area contributed by atoms with Crippen LogP contribution in [0.2, 0.25) is 0 Å². The number of benzene rings is 1. The largest absolute Gasteiger partial charge is 0.397 e. The molecule has 0 saturated heterocycles. The first-order valence-electron chi connectivity index (χ1n) is 7.76. The Kier molecular flexibility index (Phi) is 2.09. The summed E-state index contributed by atoms with van der Waals surface area (Å²) in [6.45, 7) is 0. The Labute approximate surface area is 122 Å². The molecule has 21 heavy (non-hydrogen) atoms. The zero-order valence-corrected chi connectivity index (χ0v) is 11.7. The Bertz CT molecular complexity index is 782. The lowest BCUT2D eigenvalue weighted by molar-refractivity contribution is 0.456. The fourth-order valence-corrected chi connectivity index (χ4v) is 4.95. The smallest absolute Gasteiger partial charge is 0.258 e. The van der Waals surface area contributed by atoms with Crippen molar-refractivity contribution in [2.24, 2.45) is 23.7 Å². The van der Waals surface area contributed by atoms with Gasteiger partial charge in [0.15, 0.2) is 0 Å². The van der Waals surface area contributed by atoms with Gasteiger partial charge in [-0.15, -0.1) is 0 Å². The topological polar surface area (TPSA) is 83.8 Å². The average molecular weight is 282 g/mol. The van der Waals surface area contributed by atoms with Crippen LogP contribution < -0.4 is 16.6 Å². The van der Waals surface area contributed by atoms with Crippen LogP contribution in [0.5, 0.6) is 0 Å². The molecule has 0 aliphatic heterocycles. The van der Waals surface area contributed by atoms with Gasteiger partial charge in [0.2, 0.25) is 0 Å². The molecule has 3 aliphatic carbocycles. The van der Waals surface area contributed by atoms with Crippen LogP contribution in [0.15, 0.2) is 23.3 Å². The average Bonchev–Trinajstić information content (AvgIpc) is 2.86. The summed E-state index contributed by atoms with van der Waals surface area (Å²) in [4.78, 5) is 18.6. The zero-order chi connectivity index (χ0) is 14.1. The van der Waals surface area contributed by atoms with Crippen LogP contribution in [-0.4, -0.2) is 16.0 Å². The molecular formula is C16H18N4O. The molecule has 5 rings (SSSR count). The maximum absolute atomic E-state index is 11.8. The van der Waals surface area contributed by atoms with Gasteiger partial charge < -0.3 is 16.0 Å². The zero-order valence-electron chi connectivity index (χ0n) is 11.7. The quantitative estimate of drug-likeness (QED) is 0.735. The van der Waals surface area contributed by atoms with Gasteiger partial charge in [-0.3, -0.25) is 4.79 Å². The predicted octanol–water partition coefficient (Wildman–Crippen LogP) is 1.96. The molecule has 0 spiro atoms. The van der Waals surface area contributed by atoms with Crippen molar-refractivity contribution in [2.75, 3.05) is 11.1 Å². The molecule has 4 atom stereocenters. The fourth-order valence-electron chi connectivity index (χ4n) is 4.95. The molecule has 2 aromatic rings. The molecule has 4 unspecified atom stereocenters. The molecule has 1 heterocycles. The van der Waals surface area contributed by atoms with E-state index in [1.165, 1.54) is 25.6 Å². The van der Waals surface area contributed by atoms with E-state index in [1.54, 1.807) is 6.07 Å². The first kappa shape index (κ1) is 11.6. The van der Waals surface area contributed by atoms with E-state index in [0.717, 1.165) is 29.4 Å². The van der Waals surface area contributed by atoms with Crippen LogP contribution in [0, 0.1) is 23.7 Å². The second-order valence-corrected chi connectivity index (χ2v) is 6.85. The molecule has 4 N–H and O–H groups in total. The minimum atomic E-state index is -0.139. The molecule has 3 fully saturated rings. The normalized spacial score (nSPS) is 35.9. The summed E-state index contributed by atoms with van der Waals surface area (Å²) in [6.07, 6.45) is 5.71. The summed E-state index contributed by atoms with van der Waals surface area (Å²) in [5.41, 5.74) is 8.25. The van der Waals surface area contributed by atoms with Crippen molar-refractivity contribution in [3.63, 3.8) is 0 Å². The number of aromatic amines is 1. The van der Waals surface area contributed by atoms with Crippen molar-refractivity contribution in [2.45, 2.75) is 25.3 Å². The van der Waals surface area contributed by atoms with Gasteiger partial charge in [0.05, 0.1) is 28.6 Å². The maximum atomic E-state index is 11.8. The second kappa shape index (κ2) is 3.78. The summed E-state index contributed by atoms with van der Waals surface area (Å²) in [6, 6.07) is 4.23. The van der Waals surface area contributed by atoms with E-state index in [4.69, 9.17) is 5.73 Å². The number of hydrogen-bond acceptors (Lipinski definition) is 4. The summed E-state index contributed by atoms with van der Waals surface area (Å²) in [5, 5.41) is 4.17. The van der Waals surface area contributed by atoms with Crippen molar-refractivity contribution < 1.29 is 0 Å². The molecule has 5 nitrogen and oxygen atoms in total. The minimum absolute atomic E-state index is 0.139. The maximum Gasteiger partial charge on any atom is 0.258 e. The Morgan fingerprint density at radius 2 is 2.00 bits per heavy atom. The number of rotatable bonds is 2. The number of H-pyrrole nitrogens is 1. The highest BCUT2D eigenvalue weighted by atomic mass is 16.1. The number of aromatic nitrogens is 2. The Balaban J connectivity index is 1.49. The van der Waals surface area contributed by atoms with Gasteiger partial charge in [-0.1, -0.05) is 0 Å². The summed E-state index contributed by atoms with van der Waals surface area (Å²) in [7, 11) is 0. The fraction of sp³-hybridized carbons (Fsp3) is 0.500. The van der Waals surface area contributed by atoms with Gasteiger partial charge in [0.25, 0.3) is 5.56 Å². The van der Waals surface area contributed by atoms with Crippen LogP contribution in [0.25, 0.3) is 10.9 Å². The number of nitrogens with one attached hydrogen (secondary N) is 2. The van der Waals surface area contributed by atoms with Gasteiger partial charge >= 0.3 is 0 Å². The molecule has 108 valence electrons. The molecule has 3 saturated carbocycles. The summed E-state index contributed by atoms with van der Waals surface area (Å²) < 4.78 is 0. The van der Waals surface area contributed by atoms with Crippen molar-refractivity contribution >= 4 is 22.3 Å². The Hall–Kier alpha value is -2.04. The third-order valence-electron chi connectivity index (χ3n) is 5.87. The number of nitrogens with zero attached hydrogens (tertiary/aromatic N) is 1. The molecule has 2 bridgehead atoms. The van der Waals surface area contributed by atoms with Crippen molar-refractivity contribution in [3.8, 4) is 0 Å². The van der Waals surface area contributed by atoms with E-state index < -0.39 is 0 Å². The molecule has 1 aromatic heterocycles. The Morgan fingerprint density at radius 1 is 1.24 bits per heavy atom. The summed E-state index contributed by atoms with van der Waals surface area (Å²) in [5.74, 6) is 3.57. The third kappa shape index (κ3) is 1.51. The highest BCUT2D eigenvalue weighted by molar-refractivity contribution is 5.88. The van der Waals surface area contributed by atoms with E-state index in [0.29, 0.717) is 22.6 Å². The lowest BCUT2D eigenvalue weighted by Crippen LogP contribution is -2.14. The molecule has 0 radical (unpaired) electrons. The minimum Gasteiger partial charge on any atom is -0.397 e. The molecule has 3 aliphatic rings. The number of fused-ring (bicyclic) bond motifs is 6. The number of nitrogen functional groups attached to an aromatic ring is 1. The lowest BCUT2D eigenvalue weighted by atomic mass is 10.0. The molecule has 0 amide bonds. The van der Waals surface area contributed by atoms with Crippen LogP contribution in [-0.2, 0) is 0 Å². The predicted molar refractivity (Wildman–Crippen MR) is 82.0 cm³/mol. The SMILES string of the molecule is Nc1cc2c(=O)[nH]cnc2cc1NC1C2C3CCC(C3)C12. The van der Waals surface area contributed by atoms with Crippen molar-refractivity contribution in [3.05, 3.63) is 28.8 Å². The van der Waals surface area contributed by atoms with Gasteiger partial charge in [-0.05, 0) is 55.1 Å². The van der Waals surface area contributed by atoms with E-state index in [2.05, 4.69) is 15.3 Å². The first-order chi connectivity index (χ1) is 10.2. The van der Waals surface area contributed by atoms with Gasteiger partial charge in [-0.2, -0.15) is 0 Å². The highest BCUT2D eigenvalue weighted by Crippen LogP contribution is 2.66. The number of anilines is 2. The van der Waals surface area contributed by atoms with E-state index in [-0.39, 0.29) is 5.56 Å². The summed E-state index contributed by atoms with van der Waals surface area (Å²) >= 11 is 0. The third-order valence-corrected chi connectivity index (χ3v) is 5.87. The van der Waals surface area contributed by atoms with Crippen molar-refractivity contribution in [1.82, 2.24) is 9.97 Å². The molecular weight excluding hydrogens is 264 g/mol. The second-order valence-electron chi connectivity index (χ2n) is 6.85. The van der Waals surface area contributed by atoms with Crippen LogP contribution in [0.3, 0.4) is 0 Å². The standard InChI is InChI=1S/C16H18N4O/c17-10-4-9-11(18-6-19-16(9)21)5-12(10)20-15-13-7-1-2-8(3-7)14(13)15/h4-8,13-15,20H,1-3,17H2,(H,18,19,21). The van der Waals surface area contributed by atoms with Crippen molar-refractivity contribution in [1.29, 1.82) is 0 Å². The van der Waals surface area contributed by atoms with Crippen LogP contribution >= 0.6 is 0 Å². The monoisotopic (exact) mass is 282 g/mol. The van der Waals surface area contributed by atoms with Gasteiger partial charge in [-0.25, -0.2) is 4.98 Å². The van der Waals surface area contributed by atoms with Gasteiger partial charge in [0.1, 0.15) is 0 Å². The van der Waals surface area contributed by atoms with Crippen LogP contribution in [0.1, 0.15) is 19.3 Å². The van der Waals surface area contributed by atoms with E-state index in [1.807, 2.05) is 6.07 Å². The highest BCUT2D eigenvalue weighted by Gasteiger charge is 2.65. The molecule has 5 heteroatoms.